The molecule has 0 aliphatic heterocycles. The second-order valence-electron chi connectivity index (χ2n) is 4.67. The van der Waals surface area contributed by atoms with Crippen molar-refractivity contribution in [3.63, 3.8) is 0 Å². The Bertz CT molecular complexity index is 908. The Morgan fingerprint density at radius 1 is 0.905 bits per heavy atom. The van der Waals surface area contributed by atoms with Crippen LogP contribution in [0.3, 0.4) is 0 Å². The summed E-state index contributed by atoms with van der Waals surface area (Å²) in [7, 11) is 0. The first kappa shape index (κ1) is 12.1. The lowest BCUT2D eigenvalue weighted by molar-refractivity contribution is 1.09. The summed E-state index contributed by atoms with van der Waals surface area (Å²) in [5.74, 6) is 0.815. The van der Waals surface area contributed by atoms with Crippen molar-refractivity contribution in [2.45, 2.75) is 0 Å². The number of fused-ring (bicyclic) bond motifs is 1. The maximum atomic E-state index is 5.77. The van der Waals surface area contributed by atoms with E-state index < -0.39 is 0 Å². The number of nitrogen functional groups attached to an aromatic ring is 1. The molecule has 0 saturated heterocycles. The molecule has 0 fully saturated rings. The van der Waals surface area contributed by atoms with Crippen molar-refractivity contribution in [1.82, 2.24) is 14.5 Å². The molecule has 2 N–H and O–H groups in total. The SMILES string of the molecule is Nc1nc(-c2nc3ccccc3n2-c2ccccc2)cs1. The van der Waals surface area contributed by atoms with Gasteiger partial charge in [0, 0.05) is 11.1 Å². The van der Waals surface area contributed by atoms with Gasteiger partial charge >= 0.3 is 0 Å². The average molecular weight is 292 g/mol. The van der Waals surface area contributed by atoms with Gasteiger partial charge in [-0.1, -0.05) is 30.3 Å². The number of aromatic nitrogens is 3. The first-order valence-electron chi connectivity index (χ1n) is 6.57. The monoisotopic (exact) mass is 292 g/mol. The summed E-state index contributed by atoms with van der Waals surface area (Å²) < 4.78 is 2.11. The van der Waals surface area contributed by atoms with E-state index in [-0.39, 0.29) is 0 Å². The molecular formula is C16H12N4S. The molecule has 0 amide bonds. The topological polar surface area (TPSA) is 56.7 Å². The van der Waals surface area contributed by atoms with E-state index in [4.69, 9.17) is 10.7 Å². The van der Waals surface area contributed by atoms with Crippen molar-refractivity contribution >= 4 is 27.5 Å². The molecular weight excluding hydrogens is 280 g/mol. The van der Waals surface area contributed by atoms with E-state index in [1.54, 1.807) is 0 Å². The molecule has 2 heterocycles. The van der Waals surface area contributed by atoms with Crippen molar-refractivity contribution in [1.29, 1.82) is 0 Å². The van der Waals surface area contributed by atoms with Gasteiger partial charge in [0.2, 0.25) is 0 Å². The number of imidazole rings is 1. The molecule has 2 aromatic heterocycles. The Morgan fingerprint density at radius 2 is 1.67 bits per heavy atom. The van der Waals surface area contributed by atoms with Crippen LogP contribution in [0.15, 0.2) is 60.0 Å². The molecule has 102 valence electrons. The molecule has 0 unspecified atom stereocenters. The predicted molar refractivity (Wildman–Crippen MR) is 86.6 cm³/mol. The Morgan fingerprint density at radius 3 is 2.43 bits per heavy atom. The van der Waals surface area contributed by atoms with Crippen molar-refractivity contribution in [2.75, 3.05) is 5.73 Å². The Hall–Kier alpha value is -2.66. The van der Waals surface area contributed by atoms with Gasteiger partial charge in [-0.15, -0.1) is 11.3 Å². The summed E-state index contributed by atoms with van der Waals surface area (Å²) in [6, 6.07) is 18.2. The minimum atomic E-state index is 0.552. The second kappa shape index (κ2) is 4.71. The van der Waals surface area contributed by atoms with Gasteiger partial charge in [0.1, 0.15) is 5.69 Å². The maximum absolute atomic E-state index is 5.77. The summed E-state index contributed by atoms with van der Waals surface area (Å²) >= 11 is 1.43. The predicted octanol–water partition coefficient (Wildman–Crippen LogP) is 3.73. The Kier molecular flexibility index (Phi) is 2.72. The summed E-state index contributed by atoms with van der Waals surface area (Å²) in [5, 5.41) is 2.49. The Labute approximate surface area is 125 Å². The standard InChI is InChI=1S/C16H12N4S/c17-16-19-13(10-21-16)15-18-12-8-4-5-9-14(12)20(15)11-6-2-1-3-7-11/h1-10H,(H2,17,19). The van der Waals surface area contributed by atoms with Gasteiger partial charge in [-0.3, -0.25) is 4.57 Å². The van der Waals surface area contributed by atoms with Crippen molar-refractivity contribution in [3.05, 3.63) is 60.0 Å². The number of nitrogens with two attached hydrogens (primary N) is 1. The smallest absolute Gasteiger partial charge is 0.180 e. The number of anilines is 1. The van der Waals surface area contributed by atoms with Crippen LogP contribution in [0.25, 0.3) is 28.2 Å². The van der Waals surface area contributed by atoms with Crippen LogP contribution in [0, 0.1) is 0 Å². The van der Waals surface area contributed by atoms with Gasteiger partial charge in [0.05, 0.1) is 11.0 Å². The molecule has 0 radical (unpaired) electrons. The van der Waals surface area contributed by atoms with E-state index in [1.165, 1.54) is 11.3 Å². The molecule has 0 aliphatic carbocycles. The van der Waals surface area contributed by atoms with Crippen LogP contribution in [0.4, 0.5) is 5.13 Å². The highest BCUT2D eigenvalue weighted by Gasteiger charge is 2.15. The zero-order chi connectivity index (χ0) is 14.2. The molecule has 4 nitrogen and oxygen atoms in total. The summed E-state index contributed by atoms with van der Waals surface area (Å²) in [6.07, 6.45) is 0. The third-order valence-corrected chi connectivity index (χ3v) is 4.00. The summed E-state index contributed by atoms with van der Waals surface area (Å²) in [4.78, 5) is 9.10. The number of benzene rings is 2. The van der Waals surface area contributed by atoms with E-state index >= 15 is 0 Å². The second-order valence-corrected chi connectivity index (χ2v) is 5.56. The van der Waals surface area contributed by atoms with Gasteiger partial charge in [0.25, 0.3) is 0 Å². The molecule has 0 atom stereocenters. The Balaban J connectivity index is 2.06. The number of hydrogen-bond donors (Lipinski definition) is 1. The van der Waals surface area contributed by atoms with Crippen LogP contribution < -0.4 is 5.73 Å². The first-order valence-corrected chi connectivity index (χ1v) is 7.45. The maximum Gasteiger partial charge on any atom is 0.180 e. The lowest BCUT2D eigenvalue weighted by Gasteiger charge is -2.07. The van der Waals surface area contributed by atoms with E-state index in [0.29, 0.717) is 5.13 Å². The normalized spacial score (nSPS) is 11.0. The van der Waals surface area contributed by atoms with E-state index in [9.17, 15) is 0 Å². The van der Waals surface area contributed by atoms with Crippen molar-refractivity contribution in [3.8, 4) is 17.2 Å². The summed E-state index contributed by atoms with van der Waals surface area (Å²) in [5.41, 5.74) is 9.64. The minimum absolute atomic E-state index is 0.552. The number of rotatable bonds is 2. The lowest BCUT2D eigenvalue weighted by atomic mass is 10.2. The summed E-state index contributed by atoms with van der Waals surface area (Å²) in [6.45, 7) is 0. The zero-order valence-electron chi connectivity index (χ0n) is 11.1. The van der Waals surface area contributed by atoms with Crippen LogP contribution in [0.2, 0.25) is 0 Å². The highest BCUT2D eigenvalue weighted by Crippen LogP contribution is 2.29. The zero-order valence-corrected chi connectivity index (χ0v) is 11.9. The fourth-order valence-electron chi connectivity index (χ4n) is 2.43. The lowest BCUT2D eigenvalue weighted by Crippen LogP contribution is -1.97. The highest BCUT2D eigenvalue weighted by atomic mass is 32.1. The van der Waals surface area contributed by atoms with Crippen molar-refractivity contribution in [2.24, 2.45) is 0 Å². The number of hydrogen-bond acceptors (Lipinski definition) is 4. The van der Waals surface area contributed by atoms with Crippen LogP contribution in [-0.4, -0.2) is 14.5 Å². The van der Waals surface area contributed by atoms with Crippen LogP contribution in [0.5, 0.6) is 0 Å². The molecule has 5 heteroatoms. The molecule has 0 saturated carbocycles. The van der Waals surface area contributed by atoms with Gasteiger partial charge in [-0.05, 0) is 24.3 Å². The van der Waals surface area contributed by atoms with Crippen LogP contribution >= 0.6 is 11.3 Å². The van der Waals surface area contributed by atoms with Crippen molar-refractivity contribution < 1.29 is 0 Å². The third kappa shape index (κ3) is 1.98. The molecule has 4 rings (SSSR count). The molecule has 0 spiro atoms. The van der Waals surface area contributed by atoms with Crippen LogP contribution in [-0.2, 0) is 0 Å². The fraction of sp³-hybridized carbons (Fsp3) is 0. The largest absolute Gasteiger partial charge is 0.375 e. The van der Waals surface area contributed by atoms with Gasteiger partial charge < -0.3 is 5.73 Å². The first-order chi connectivity index (χ1) is 10.3. The molecule has 0 aliphatic rings. The van der Waals surface area contributed by atoms with Crippen LogP contribution in [0.1, 0.15) is 0 Å². The van der Waals surface area contributed by atoms with E-state index in [1.807, 2.05) is 41.8 Å². The quantitative estimate of drug-likeness (QED) is 0.612. The number of thiazole rings is 1. The number of nitrogens with zero attached hydrogens (tertiary/aromatic N) is 3. The number of para-hydroxylation sites is 3. The average Bonchev–Trinajstić information content (AvgIpc) is 3.11. The van der Waals surface area contributed by atoms with Gasteiger partial charge in [-0.25, -0.2) is 9.97 Å². The van der Waals surface area contributed by atoms with E-state index in [0.717, 1.165) is 28.2 Å². The molecule has 21 heavy (non-hydrogen) atoms. The highest BCUT2D eigenvalue weighted by molar-refractivity contribution is 7.13. The molecule has 4 aromatic rings. The van der Waals surface area contributed by atoms with E-state index in [2.05, 4.69) is 27.8 Å². The van der Waals surface area contributed by atoms with Gasteiger partial charge in [0.15, 0.2) is 11.0 Å². The van der Waals surface area contributed by atoms with Gasteiger partial charge in [-0.2, -0.15) is 0 Å². The third-order valence-electron chi connectivity index (χ3n) is 3.33. The molecule has 0 bridgehead atoms. The fourth-order valence-corrected chi connectivity index (χ4v) is 2.97. The minimum Gasteiger partial charge on any atom is -0.375 e. The molecule has 2 aromatic carbocycles.